The molecule has 37 heavy (non-hydrogen) atoms. The maximum Gasteiger partial charge on any atom is 0.264 e. The van der Waals surface area contributed by atoms with Gasteiger partial charge in [-0.3, -0.25) is 9.10 Å². The van der Waals surface area contributed by atoms with E-state index >= 15 is 0 Å². The molecule has 3 aromatic carbocycles. The van der Waals surface area contributed by atoms with Gasteiger partial charge in [0.05, 0.1) is 15.5 Å². The number of nitrogens with zero attached hydrogens (tertiary/aromatic N) is 3. The average molecular weight is 562 g/mol. The molecule has 0 atom stereocenters. The molecular formula is C26H28ClN3O5S2. The van der Waals surface area contributed by atoms with E-state index in [2.05, 4.69) is 0 Å². The lowest BCUT2D eigenvalue weighted by atomic mass is 10.2. The fourth-order valence-electron chi connectivity index (χ4n) is 4.18. The summed E-state index contributed by atoms with van der Waals surface area (Å²) in [5.74, 6) is -0.416. The van der Waals surface area contributed by atoms with E-state index in [4.69, 9.17) is 11.6 Å². The number of amides is 1. The number of hydrogen-bond acceptors (Lipinski definition) is 5. The SMILES string of the molecule is Cc1ccc(S(=O)(=O)N2CCN(C(=O)CN(c3ccc(Cl)cc3C)S(=O)(=O)c3ccccc3)CC2)cc1. The minimum Gasteiger partial charge on any atom is -0.338 e. The smallest absolute Gasteiger partial charge is 0.264 e. The number of carbonyl (C=O) groups excluding carboxylic acids is 1. The van der Waals surface area contributed by atoms with Crippen molar-refractivity contribution in [3.05, 3.63) is 88.9 Å². The lowest BCUT2D eigenvalue weighted by Crippen LogP contribution is -2.53. The zero-order chi connectivity index (χ0) is 26.8. The molecule has 0 aliphatic carbocycles. The van der Waals surface area contributed by atoms with Crippen molar-refractivity contribution in [2.75, 3.05) is 37.0 Å². The molecular weight excluding hydrogens is 534 g/mol. The van der Waals surface area contributed by atoms with Crippen molar-refractivity contribution in [1.82, 2.24) is 9.21 Å². The van der Waals surface area contributed by atoms with Crippen LogP contribution in [0.4, 0.5) is 5.69 Å². The first-order valence-electron chi connectivity index (χ1n) is 11.7. The average Bonchev–Trinajstić information content (AvgIpc) is 2.88. The Morgan fingerprint density at radius 3 is 2.05 bits per heavy atom. The Morgan fingerprint density at radius 2 is 1.46 bits per heavy atom. The van der Waals surface area contributed by atoms with Crippen LogP contribution in [-0.2, 0) is 24.8 Å². The largest absolute Gasteiger partial charge is 0.338 e. The molecule has 8 nitrogen and oxygen atoms in total. The third kappa shape index (κ3) is 5.82. The van der Waals surface area contributed by atoms with E-state index in [1.165, 1.54) is 21.3 Å². The topological polar surface area (TPSA) is 95.1 Å². The van der Waals surface area contributed by atoms with Crippen LogP contribution in [0.2, 0.25) is 5.02 Å². The minimum atomic E-state index is -4.06. The lowest BCUT2D eigenvalue weighted by Gasteiger charge is -2.35. The fourth-order valence-corrected chi connectivity index (χ4v) is 7.33. The number of carbonyl (C=O) groups is 1. The van der Waals surface area contributed by atoms with Gasteiger partial charge in [0.25, 0.3) is 10.0 Å². The van der Waals surface area contributed by atoms with Crippen molar-refractivity contribution in [3.63, 3.8) is 0 Å². The second kappa shape index (κ2) is 10.8. The highest BCUT2D eigenvalue weighted by Gasteiger charge is 2.33. The number of benzene rings is 3. The van der Waals surface area contributed by atoms with Gasteiger partial charge >= 0.3 is 0 Å². The number of sulfonamides is 2. The molecule has 4 rings (SSSR count). The highest BCUT2D eigenvalue weighted by Crippen LogP contribution is 2.29. The van der Waals surface area contributed by atoms with Crippen molar-refractivity contribution in [1.29, 1.82) is 0 Å². The van der Waals surface area contributed by atoms with E-state index in [1.807, 2.05) is 6.92 Å². The molecule has 1 saturated heterocycles. The normalized spacial score (nSPS) is 14.9. The van der Waals surface area contributed by atoms with Crippen LogP contribution in [0.1, 0.15) is 11.1 Å². The third-order valence-electron chi connectivity index (χ3n) is 6.29. The number of hydrogen-bond donors (Lipinski definition) is 0. The maximum atomic E-state index is 13.6. The van der Waals surface area contributed by atoms with Crippen molar-refractivity contribution in [2.24, 2.45) is 0 Å². The van der Waals surface area contributed by atoms with Gasteiger partial charge in [0, 0.05) is 31.2 Å². The quantitative estimate of drug-likeness (QED) is 0.438. The van der Waals surface area contributed by atoms with Gasteiger partial charge in [-0.25, -0.2) is 16.8 Å². The summed E-state index contributed by atoms with van der Waals surface area (Å²) < 4.78 is 55.6. The van der Waals surface area contributed by atoms with Gasteiger partial charge in [-0.15, -0.1) is 0 Å². The standard InChI is InChI=1S/C26H28ClN3O5S2/c1-20-8-11-24(12-9-20)36(32,33)29-16-14-28(15-17-29)26(31)19-30(25-13-10-22(27)18-21(25)2)37(34,35)23-6-4-3-5-7-23/h3-13,18H,14-17,19H2,1-2H3. The Labute approximate surface area is 223 Å². The van der Waals surface area contributed by atoms with E-state index in [0.717, 1.165) is 9.87 Å². The van der Waals surface area contributed by atoms with Crippen LogP contribution in [0, 0.1) is 13.8 Å². The molecule has 1 aliphatic heterocycles. The van der Waals surface area contributed by atoms with Gasteiger partial charge in [-0.1, -0.05) is 47.5 Å². The summed E-state index contributed by atoms with van der Waals surface area (Å²) in [5, 5.41) is 0.454. The van der Waals surface area contributed by atoms with Crippen LogP contribution in [-0.4, -0.2) is 64.7 Å². The molecule has 0 saturated carbocycles. The Morgan fingerprint density at radius 1 is 0.838 bits per heavy atom. The summed E-state index contributed by atoms with van der Waals surface area (Å²) in [6.07, 6.45) is 0. The summed E-state index contributed by atoms with van der Waals surface area (Å²) in [7, 11) is -7.75. The van der Waals surface area contributed by atoms with Crippen LogP contribution in [0.3, 0.4) is 0 Å². The van der Waals surface area contributed by atoms with Crippen LogP contribution in [0.15, 0.2) is 82.6 Å². The van der Waals surface area contributed by atoms with E-state index in [1.54, 1.807) is 67.6 Å². The molecule has 1 fully saturated rings. The predicted octanol–water partition coefficient (Wildman–Crippen LogP) is 3.69. The molecule has 11 heteroatoms. The van der Waals surface area contributed by atoms with Crippen molar-refractivity contribution >= 4 is 43.2 Å². The molecule has 196 valence electrons. The molecule has 0 unspecified atom stereocenters. The zero-order valence-electron chi connectivity index (χ0n) is 20.5. The van der Waals surface area contributed by atoms with Crippen LogP contribution in [0.5, 0.6) is 0 Å². The molecule has 0 radical (unpaired) electrons. The van der Waals surface area contributed by atoms with Crippen LogP contribution < -0.4 is 4.31 Å². The number of aryl methyl sites for hydroxylation is 2. The van der Waals surface area contributed by atoms with Gasteiger partial charge in [0.15, 0.2) is 0 Å². The molecule has 0 N–H and O–H groups in total. The van der Waals surface area contributed by atoms with Crippen molar-refractivity contribution in [3.8, 4) is 0 Å². The van der Waals surface area contributed by atoms with Crippen molar-refractivity contribution < 1.29 is 21.6 Å². The fraction of sp³-hybridized carbons (Fsp3) is 0.269. The van der Waals surface area contributed by atoms with E-state index < -0.39 is 32.5 Å². The van der Waals surface area contributed by atoms with Crippen LogP contribution in [0.25, 0.3) is 0 Å². The monoisotopic (exact) mass is 561 g/mol. The summed E-state index contributed by atoms with van der Waals surface area (Å²) in [4.78, 5) is 15.1. The minimum absolute atomic E-state index is 0.0613. The highest BCUT2D eigenvalue weighted by atomic mass is 35.5. The van der Waals surface area contributed by atoms with Gasteiger partial charge < -0.3 is 4.90 Å². The summed E-state index contributed by atoms with van der Waals surface area (Å²) in [5.41, 5.74) is 1.91. The summed E-state index contributed by atoms with van der Waals surface area (Å²) in [6, 6.07) is 19.3. The Hall–Kier alpha value is -2.92. The predicted molar refractivity (Wildman–Crippen MR) is 144 cm³/mol. The molecule has 1 heterocycles. The lowest BCUT2D eigenvalue weighted by molar-refractivity contribution is -0.130. The van der Waals surface area contributed by atoms with E-state index in [9.17, 15) is 21.6 Å². The molecule has 0 spiro atoms. The van der Waals surface area contributed by atoms with Gasteiger partial charge in [0.2, 0.25) is 15.9 Å². The Balaban J connectivity index is 1.54. The number of halogens is 1. The molecule has 0 aromatic heterocycles. The Kier molecular flexibility index (Phi) is 7.94. The molecule has 0 bridgehead atoms. The van der Waals surface area contributed by atoms with E-state index in [-0.39, 0.29) is 36.0 Å². The molecule has 1 aliphatic rings. The van der Waals surface area contributed by atoms with Gasteiger partial charge in [-0.05, 0) is 61.9 Å². The number of anilines is 1. The van der Waals surface area contributed by atoms with E-state index in [0.29, 0.717) is 16.3 Å². The summed E-state index contributed by atoms with van der Waals surface area (Å²) in [6.45, 7) is 3.73. The van der Waals surface area contributed by atoms with Crippen molar-refractivity contribution in [2.45, 2.75) is 23.6 Å². The highest BCUT2D eigenvalue weighted by molar-refractivity contribution is 7.92. The summed E-state index contributed by atoms with van der Waals surface area (Å²) >= 11 is 6.09. The first kappa shape index (κ1) is 27.1. The zero-order valence-corrected chi connectivity index (χ0v) is 22.9. The van der Waals surface area contributed by atoms with Gasteiger partial charge in [0.1, 0.15) is 6.54 Å². The first-order valence-corrected chi connectivity index (χ1v) is 14.9. The second-order valence-corrected chi connectivity index (χ2v) is 13.1. The first-order chi connectivity index (χ1) is 17.5. The third-order valence-corrected chi connectivity index (χ3v) is 10.2. The second-order valence-electron chi connectivity index (χ2n) is 8.85. The maximum absolute atomic E-state index is 13.6. The Bertz CT molecular complexity index is 1490. The van der Waals surface area contributed by atoms with Gasteiger partial charge in [-0.2, -0.15) is 4.31 Å². The molecule has 1 amide bonds. The van der Waals surface area contributed by atoms with Crippen LogP contribution >= 0.6 is 11.6 Å². The number of piperazine rings is 1. The molecule has 3 aromatic rings. The number of rotatable bonds is 7.